The molecule has 1 fully saturated rings. The molecule has 2 nitrogen and oxygen atoms in total. The first-order valence-corrected chi connectivity index (χ1v) is 5.48. The molecule has 0 unspecified atom stereocenters. The van der Waals surface area contributed by atoms with Crippen LogP contribution in [0.15, 0.2) is 12.1 Å². The molecular formula is C12H13ClO2. The van der Waals surface area contributed by atoms with E-state index < -0.39 is 5.97 Å². The van der Waals surface area contributed by atoms with Crippen LogP contribution in [0, 0.1) is 12.8 Å². The number of hydrogen-bond donors (Lipinski definition) is 1. The van der Waals surface area contributed by atoms with Crippen molar-refractivity contribution in [3.63, 3.8) is 0 Å². The van der Waals surface area contributed by atoms with Crippen LogP contribution >= 0.6 is 11.6 Å². The molecule has 1 aliphatic rings. The summed E-state index contributed by atoms with van der Waals surface area (Å²) in [5.74, 6) is -0.161. The lowest BCUT2D eigenvalue weighted by molar-refractivity contribution is 0.0696. The number of carboxylic acids is 1. The van der Waals surface area contributed by atoms with Gasteiger partial charge in [-0.2, -0.15) is 0 Å². The van der Waals surface area contributed by atoms with Crippen LogP contribution < -0.4 is 0 Å². The normalized spacial score (nSPS) is 15.3. The van der Waals surface area contributed by atoms with E-state index in [9.17, 15) is 4.79 Å². The van der Waals surface area contributed by atoms with Gasteiger partial charge < -0.3 is 5.11 Å². The van der Waals surface area contributed by atoms with Gasteiger partial charge in [0.05, 0.1) is 5.56 Å². The van der Waals surface area contributed by atoms with Gasteiger partial charge in [-0.1, -0.05) is 11.6 Å². The van der Waals surface area contributed by atoms with Gasteiger partial charge in [-0.05, 0) is 55.4 Å². The predicted molar refractivity (Wildman–Crippen MR) is 59.6 cm³/mol. The van der Waals surface area contributed by atoms with E-state index in [1.165, 1.54) is 12.8 Å². The third-order valence-electron chi connectivity index (χ3n) is 2.96. The van der Waals surface area contributed by atoms with Crippen LogP contribution in [0.3, 0.4) is 0 Å². The Hall–Kier alpha value is -1.02. The minimum atomic E-state index is -0.874. The number of benzene rings is 1. The molecule has 0 saturated heterocycles. The zero-order valence-corrected chi connectivity index (χ0v) is 9.34. The number of rotatable bonds is 3. The minimum Gasteiger partial charge on any atom is -0.478 e. The first-order chi connectivity index (χ1) is 7.09. The maximum Gasteiger partial charge on any atom is 0.335 e. The summed E-state index contributed by atoms with van der Waals surface area (Å²) in [5.41, 5.74) is 2.20. The average Bonchev–Trinajstić information content (AvgIpc) is 2.95. The van der Waals surface area contributed by atoms with E-state index in [-0.39, 0.29) is 0 Å². The summed E-state index contributed by atoms with van der Waals surface area (Å²) in [4.78, 5) is 10.9. The van der Waals surface area contributed by atoms with Crippen molar-refractivity contribution in [1.82, 2.24) is 0 Å². The highest BCUT2D eigenvalue weighted by molar-refractivity contribution is 6.31. The predicted octanol–water partition coefficient (Wildman–Crippen LogP) is 3.30. The summed E-state index contributed by atoms with van der Waals surface area (Å²) in [7, 11) is 0. The Morgan fingerprint density at radius 2 is 2.20 bits per heavy atom. The molecule has 0 aromatic heterocycles. The fraction of sp³-hybridized carbons (Fsp3) is 0.417. The largest absolute Gasteiger partial charge is 0.478 e. The molecule has 0 amide bonds. The molecule has 15 heavy (non-hydrogen) atoms. The summed E-state index contributed by atoms with van der Waals surface area (Å²) in [6.07, 6.45) is 3.41. The molecule has 0 heterocycles. The summed E-state index contributed by atoms with van der Waals surface area (Å²) in [6, 6.07) is 3.27. The summed E-state index contributed by atoms with van der Waals surface area (Å²) >= 11 is 6.09. The summed E-state index contributed by atoms with van der Waals surface area (Å²) < 4.78 is 0. The highest BCUT2D eigenvalue weighted by Crippen LogP contribution is 2.36. The zero-order valence-electron chi connectivity index (χ0n) is 8.59. The lowest BCUT2D eigenvalue weighted by atomic mass is 9.98. The second kappa shape index (κ2) is 3.86. The Balaban J connectivity index is 2.40. The van der Waals surface area contributed by atoms with Gasteiger partial charge in [0.1, 0.15) is 0 Å². The lowest BCUT2D eigenvalue weighted by Gasteiger charge is -2.10. The number of hydrogen-bond acceptors (Lipinski definition) is 1. The maximum absolute atomic E-state index is 10.9. The van der Waals surface area contributed by atoms with Crippen molar-refractivity contribution < 1.29 is 9.90 Å². The topological polar surface area (TPSA) is 37.3 Å². The van der Waals surface area contributed by atoms with E-state index in [1.807, 2.05) is 6.92 Å². The molecule has 2 rings (SSSR count). The van der Waals surface area contributed by atoms with Crippen molar-refractivity contribution in [3.8, 4) is 0 Å². The lowest BCUT2D eigenvalue weighted by Crippen LogP contribution is -2.04. The Morgan fingerprint density at radius 3 is 2.73 bits per heavy atom. The molecule has 1 saturated carbocycles. The second-order valence-electron chi connectivity index (χ2n) is 4.15. The van der Waals surface area contributed by atoms with Gasteiger partial charge in [0, 0.05) is 5.02 Å². The van der Waals surface area contributed by atoms with Crippen molar-refractivity contribution in [3.05, 3.63) is 33.8 Å². The van der Waals surface area contributed by atoms with Crippen LogP contribution in [0.4, 0.5) is 0 Å². The average molecular weight is 225 g/mol. The standard InChI is InChI=1S/C12H13ClO2/c1-7-9(12(14)15)4-5-11(13)10(7)6-8-2-3-8/h4-5,8H,2-3,6H2,1H3,(H,14,15). The van der Waals surface area contributed by atoms with Crippen LogP contribution in [0.2, 0.25) is 5.02 Å². The SMILES string of the molecule is Cc1c(C(=O)O)ccc(Cl)c1CC1CC1. The van der Waals surface area contributed by atoms with Crippen LogP contribution in [0.5, 0.6) is 0 Å². The third kappa shape index (κ3) is 2.15. The van der Waals surface area contributed by atoms with Gasteiger partial charge in [-0.25, -0.2) is 4.79 Å². The summed E-state index contributed by atoms with van der Waals surface area (Å²) in [6.45, 7) is 1.84. The molecule has 1 aromatic carbocycles. The smallest absolute Gasteiger partial charge is 0.335 e. The number of carboxylic acid groups (broad SMARTS) is 1. The summed E-state index contributed by atoms with van der Waals surface area (Å²) in [5, 5.41) is 9.69. The Labute approximate surface area is 93.9 Å². The van der Waals surface area contributed by atoms with E-state index in [2.05, 4.69) is 0 Å². The molecule has 0 aliphatic heterocycles. The van der Waals surface area contributed by atoms with Gasteiger partial charge in [-0.15, -0.1) is 0 Å². The van der Waals surface area contributed by atoms with Gasteiger partial charge >= 0.3 is 5.97 Å². The highest BCUT2D eigenvalue weighted by Gasteiger charge is 2.24. The molecule has 80 valence electrons. The fourth-order valence-electron chi connectivity index (χ4n) is 1.82. The first-order valence-electron chi connectivity index (χ1n) is 5.11. The fourth-order valence-corrected chi connectivity index (χ4v) is 2.10. The zero-order chi connectivity index (χ0) is 11.0. The second-order valence-corrected chi connectivity index (χ2v) is 4.56. The van der Waals surface area contributed by atoms with E-state index in [0.717, 1.165) is 17.5 Å². The van der Waals surface area contributed by atoms with Gasteiger partial charge in [-0.3, -0.25) is 0 Å². The van der Waals surface area contributed by atoms with E-state index in [1.54, 1.807) is 12.1 Å². The van der Waals surface area contributed by atoms with Crippen molar-refractivity contribution >= 4 is 17.6 Å². The first kappa shape index (κ1) is 10.5. The maximum atomic E-state index is 10.9. The van der Waals surface area contributed by atoms with Gasteiger partial charge in [0.15, 0.2) is 0 Å². The molecule has 0 atom stereocenters. The van der Waals surface area contributed by atoms with Crippen molar-refractivity contribution in [1.29, 1.82) is 0 Å². The van der Waals surface area contributed by atoms with Crippen molar-refractivity contribution in [2.45, 2.75) is 26.2 Å². The van der Waals surface area contributed by atoms with Crippen LogP contribution in [0.1, 0.15) is 34.3 Å². The molecular weight excluding hydrogens is 212 g/mol. The quantitative estimate of drug-likeness (QED) is 0.856. The molecule has 1 aromatic rings. The number of halogens is 1. The van der Waals surface area contributed by atoms with Gasteiger partial charge in [0.2, 0.25) is 0 Å². The van der Waals surface area contributed by atoms with Gasteiger partial charge in [0.25, 0.3) is 0 Å². The van der Waals surface area contributed by atoms with E-state index in [4.69, 9.17) is 16.7 Å². The molecule has 0 radical (unpaired) electrons. The molecule has 1 aliphatic carbocycles. The monoisotopic (exact) mass is 224 g/mol. The minimum absolute atomic E-state index is 0.370. The molecule has 1 N–H and O–H groups in total. The Morgan fingerprint density at radius 1 is 1.53 bits per heavy atom. The Bertz CT molecular complexity index is 408. The highest BCUT2D eigenvalue weighted by atomic mass is 35.5. The van der Waals surface area contributed by atoms with Crippen molar-refractivity contribution in [2.24, 2.45) is 5.92 Å². The van der Waals surface area contributed by atoms with E-state index in [0.29, 0.717) is 16.5 Å². The Kier molecular flexibility index (Phi) is 2.70. The molecule has 3 heteroatoms. The van der Waals surface area contributed by atoms with Crippen LogP contribution in [0.25, 0.3) is 0 Å². The molecule has 0 bridgehead atoms. The van der Waals surface area contributed by atoms with E-state index >= 15 is 0 Å². The number of aromatic carboxylic acids is 1. The van der Waals surface area contributed by atoms with Crippen molar-refractivity contribution in [2.75, 3.05) is 0 Å². The van der Waals surface area contributed by atoms with Crippen LogP contribution in [-0.4, -0.2) is 11.1 Å². The third-order valence-corrected chi connectivity index (χ3v) is 3.32. The van der Waals surface area contributed by atoms with Crippen LogP contribution in [-0.2, 0) is 6.42 Å². The molecule has 0 spiro atoms. The number of carbonyl (C=O) groups is 1.